The van der Waals surface area contributed by atoms with Gasteiger partial charge in [0.05, 0.1) is 0 Å². The second kappa shape index (κ2) is 4.44. The summed E-state index contributed by atoms with van der Waals surface area (Å²) in [6.07, 6.45) is 5.76. The van der Waals surface area contributed by atoms with Crippen LogP contribution in [0.25, 0.3) is 0 Å². The Labute approximate surface area is 107 Å². The smallest absolute Gasteiger partial charge is 0.329 e. The maximum absolute atomic E-state index is 12.0. The highest BCUT2D eigenvalue weighted by molar-refractivity contribution is 5.86. The highest BCUT2D eigenvalue weighted by Gasteiger charge is 2.49. The molecular formula is C13H22N2O3. The summed E-state index contributed by atoms with van der Waals surface area (Å²) in [6.45, 7) is 3.66. The van der Waals surface area contributed by atoms with E-state index in [9.17, 15) is 14.7 Å². The Hall–Kier alpha value is -1.26. The highest BCUT2D eigenvalue weighted by Crippen LogP contribution is 2.40. The van der Waals surface area contributed by atoms with E-state index in [4.69, 9.17) is 0 Å². The van der Waals surface area contributed by atoms with Crippen LogP contribution in [0.3, 0.4) is 0 Å². The van der Waals surface area contributed by atoms with Crippen LogP contribution in [-0.2, 0) is 4.79 Å². The van der Waals surface area contributed by atoms with Crippen molar-refractivity contribution in [3.63, 3.8) is 0 Å². The number of hydrogen-bond acceptors (Lipinski definition) is 2. The lowest BCUT2D eigenvalue weighted by atomic mass is 9.75. The quantitative estimate of drug-likeness (QED) is 0.701. The van der Waals surface area contributed by atoms with Crippen molar-refractivity contribution >= 4 is 12.0 Å². The van der Waals surface area contributed by atoms with E-state index in [1.165, 1.54) is 0 Å². The first kappa shape index (κ1) is 13.2. The van der Waals surface area contributed by atoms with Gasteiger partial charge in [-0.2, -0.15) is 0 Å². The second-order valence-electron chi connectivity index (χ2n) is 5.85. The third-order valence-electron chi connectivity index (χ3n) is 4.58. The molecule has 0 aromatic rings. The number of hydrogen-bond donors (Lipinski definition) is 3. The molecule has 102 valence electrons. The minimum Gasteiger partial charge on any atom is -0.480 e. The number of carboxylic acid groups (broad SMARTS) is 1. The van der Waals surface area contributed by atoms with Gasteiger partial charge >= 0.3 is 12.0 Å². The van der Waals surface area contributed by atoms with E-state index in [2.05, 4.69) is 17.6 Å². The standard InChI is InChI=1S/C13H22N2O3/c1-3-13(7-4-8-13)15-11(18)14-12(2,10(16)17)9-5-6-9/h9H,3-8H2,1-2H3,(H,16,17)(H2,14,15,18). The molecule has 0 spiro atoms. The van der Waals surface area contributed by atoms with E-state index in [-0.39, 0.29) is 17.5 Å². The zero-order chi connectivity index (χ0) is 13.4. The summed E-state index contributed by atoms with van der Waals surface area (Å²) in [5.74, 6) is -0.876. The van der Waals surface area contributed by atoms with Crippen LogP contribution in [0.1, 0.15) is 52.4 Å². The molecule has 5 heteroatoms. The van der Waals surface area contributed by atoms with Crippen LogP contribution < -0.4 is 10.6 Å². The van der Waals surface area contributed by atoms with Crippen molar-refractivity contribution in [3.05, 3.63) is 0 Å². The molecule has 2 amide bonds. The SMILES string of the molecule is CCC1(NC(=O)NC(C)(C(=O)O)C2CC2)CCC1. The van der Waals surface area contributed by atoms with Gasteiger partial charge in [-0.15, -0.1) is 0 Å². The third-order valence-corrected chi connectivity index (χ3v) is 4.58. The van der Waals surface area contributed by atoms with Crippen LogP contribution in [0.15, 0.2) is 0 Å². The Balaban J connectivity index is 1.95. The van der Waals surface area contributed by atoms with Crippen LogP contribution in [0.2, 0.25) is 0 Å². The third kappa shape index (κ3) is 2.31. The summed E-state index contributed by atoms with van der Waals surface area (Å²) in [7, 11) is 0. The van der Waals surface area contributed by atoms with Crippen LogP contribution in [-0.4, -0.2) is 28.2 Å². The van der Waals surface area contributed by atoms with Gasteiger partial charge in [-0.1, -0.05) is 6.92 Å². The average molecular weight is 254 g/mol. The van der Waals surface area contributed by atoms with E-state index in [0.717, 1.165) is 38.5 Å². The van der Waals surface area contributed by atoms with Gasteiger partial charge in [0.25, 0.3) is 0 Å². The van der Waals surface area contributed by atoms with Gasteiger partial charge in [0, 0.05) is 5.54 Å². The van der Waals surface area contributed by atoms with E-state index in [1.54, 1.807) is 6.92 Å². The summed E-state index contributed by atoms with van der Waals surface area (Å²) < 4.78 is 0. The van der Waals surface area contributed by atoms with Crippen molar-refractivity contribution in [3.8, 4) is 0 Å². The van der Waals surface area contributed by atoms with Gasteiger partial charge in [0.1, 0.15) is 5.54 Å². The Kier molecular flexibility index (Phi) is 3.25. The predicted molar refractivity (Wildman–Crippen MR) is 67.3 cm³/mol. The zero-order valence-electron chi connectivity index (χ0n) is 11.1. The molecular weight excluding hydrogens is 232 g/mol. The summed E-state index contributed by atoms with van der Waals surface area (Å²) >= 11 is 0. The summed E-state index contributed by atoms with van der Waals surface area (Å²) in [5, 5.41) is 14.9. The number of carboxylic acids is 1. The first-order chi connectivity index (χ1) is 8.42. The molecule has 0 aromatic heterocycles. The average Bonchev–Trinajstić information content (AvgIpc) is 3.06. The molecule has 0 saturated heterocycles. The summed E-state index contributed by atoms with van der Waals surface area (Å²) in [5.41, 5.74) is -1.23. The van der Waals surface area contributed by atoms with Gasteiger partial charge in [-0.05, 0) is 51.4 Å². The Morgan fingerprint density at radius 1 is 1.39 bits per heavy atom. The molecule has 0 heterocycles. The minimum absolute atomic E-state index is 0.0692. The van der Waals surface area contributed by atoms with E-state index < -0.39 is 11.5 Å². The van der Waals surface area contributed by atoms with Crippen molar-refractivity contribution in [2.24, 2.45) is 5.92 Å². The maximum Gasteiger partial charge on any atom is 0.329 e. The predicted octanol–water partition coefficient (Wildman–Crippen LogP) is 1.87. The fraction of sp³-hybridized carbons (Fsp3) is 0.846. The lowest BCUT2D eigenvalue weighted by Gasteiger charge is -2.42. The Morgan fingerprint density at radius 2 is 2.00 bits per heavy atom. The zero-order valence-corrected chi connectivity index (χ0v) is 11.1. The highest BCUT2D eigenvalue weighted by atomic mass is 16.4. The van der Waals surface area contributed by atoms with Crippen molar-refractivity contribution in [1.29, 1.82) is 0 Å². The molecule has 2 aliphatic carbocycles. The largest absolute Gasteiger partial charge is 0.480 e. The molecule has 0 radical (unpaired) electrons. The van der Waals surface area contributed by atoms with Gasteiger partial charge in [0.15, 0.2) is 0 Å². The molecule has 3 N–H and O–H groups in total. The fourth-order valence-electron chi connectivity index (χ4n) is 2.67. The maximum atomic E-state index is 12.0. The molecule has 1 atom stereocenters. The van der Waals surface area contributed by atoms with Crippen molar-refractivity contribution in [2.45, 2.75) is 63.5 Å². The van der Waals surface area contributed by atoms with Crippen molar-refractivity contribution < 1.29 is 14.7 Å². The van der Waals surface area contributed by atoms with E-state index in [0.29, 0.717) is 0 Å². The second-order valence-corrected chi connectivity index (χ2v) is 5.85. The van der Waals surface area contributed by atoms with E-state index >= 15 is 0 Å². The van der Waals surface area contributed by atoms with E-state index in [1.807, 2.05) is 0 Å². The minimum atomic E-state index is -1.12. The molecule has 0 bridgehead atoms. The fourth-order valence-corrected chi connectivity index (χ4v) is 2.67. The van der Waals surface area contributed by atoms with Crippen LogP contribution in [0, 0.1) is 5.92 Å². The van der Waals surface area contributed by atoms with Gasteiger partial charge < -0.3 is 15.7 Å². The number of amides is 2. The van der Waals surface area contributed by atoms with Crippen molar-refractivity contribution in [1.82, 2.24) is 10.6 Å². The van der Waals surface area contributed by atoms with Crippen LogP contribution in [0.5, 0.6) is 0 Å². The summed E-state index contributed by atoms with van der Waals surface area (Å²) in [4.78, 5) is 23.3. The topological polar surface area (TPSA) is 78.4 Å². The molecule has 2 saturated carbocycles. The van der Waals surface area contributed by atoms with Gasteiger partial charge in [-0.3, -0.25) is 0 Å². The monoisotopic (exact) mass is 254 g/mol. The summed E-state index contributed by atoms with van der Waals surface area (Å²) in [6, 6.07) is -0.339. The number of nitrogens with one attached hydrogen (secondary N) is 2. The lowest BCUT2D eigenvalue weighted by Crippen LogP contribution is -2.62. The van der Waals surface area contributed by atoms with Gasteiger partial charge in [-0.25, -0.2) is 9.59 Å². The van der Waals surface area contributed by atoms with Gasteiger partial charge in [0.2, 0.25) is 0 Å². The Morgan fingerprint density at radius 3 is 2.33 bits per heavy atom. The first-order valence-corrected chi connectivity index (χ1v) is 6.75. The number of carbonyl (C=O) groups excluding carboxylic acids is 1. The molecule has 2 rings (SSSR count). The molecule has 18 heavy (non-hydrogen) atoms. The molecule has 2 fully saturated rings. The Bertz CT molecular complexity index is 356. The number of rotatable bonds is 5. The lowest BCUT2D eigenvalue weighted by molar-refractivity contribution is -0.144. The number of aliphatic carboxylic acids is 1. The molecule has 0 aliphatic heterocycles. The number of urea groups is 1. The normalized spacial score (nSPS) is 24.6. The molecule has 0 aromatic carbocycles. The van der Waals surface area contributed by atoms with Crippen molar-refractivity contribution in [2.75, 3.05) is 0 Å². The first-order valence-electron chi connectivity index (χ1n) is 6.75. The van der Waals surface area contributed by atoms with Crippen LogP contribution in [0.4, 0.5) is 4.79 Å². The number of carbonyl (C=O) groups is 2. The van der Waals surface area contributed by atoms with Crippen LogP contribution >= 0.6 is 0 Å². The molecule has 2 aliphatic rings. The molecule has 1 unspecified atom stereocenters. The molecule has 5 nitrogen and oxygen atoms in total.